The summed E-state index contributed by atoms with van der Waals surface area (Å²) < 4.78 is 40.0. The first-order valence-corrected chi connectivity index (χ1v) is 5.77. The van der Waals surface area contributed by atoms with E-state index in [0.29, 0.717) is 0 Å². The predicted octanol–water partition coefficient (Wildman–Crippen LogP) is 1.93. The number of carbonyl (C=O) groups is 1. The number of thioether (sulfide) groups is 1. The molecule has 1 aromatic rings. The van der Waals surface area contributed by atoms with Crippen LogP contribution in [0, 0.1) is 0 Å². The van der Waals surface area contributed by atoms with E-state index >= 15 is 0 Å². The molecule has 18 heavy (non-hydrogen) atoms. The first-order chi connectivity index (χ1) is 8.42. The third-order valence-electron chi connectivity index (χ3n) is 1.70. The van der Waals surface area contributed by atoms with Gasteiger partial charge in [-0.3, -0.25) is 0 Å². The van der Waals surface area contributed by atoms with E-state index in [2.05, 4.69) is 20.0 Å². The van der Waals surface area contributed by atoms with Crippen molar-refractivity contribution in [3.8, 4) is 0 Å². The molecule has 5 nitrogen and oxygen atoms in total. The highest BCUT2D eigenvalue weighted by atomic mass is 32.2. The summed E-state index contributed by atoms with van der Waals surface area (Å²) >= 11 is -0.130. The number of nitrogens with zero attached hydrogens (tertiary/aromatic N) is 2. The molecule has 0 fully saturated rings. The lowest BCUT2D eigenvalue weighted by molar-refractivity contribution is -0.0327. The maximum absolute atomic E-state index is 11.8. The van der Waals surface area contributed by atoms with Crippen molar-refractivity contribution in [2.75, 3.05) is 24.7 Å². The largest absolute Gasteiger partial charge is 0.463 e. The van der Waals surface area contributed by atoms with Crippen molar-refractivity contribution in [2.45, 2.75) is 5.51 Å². The molecule has 0 atom stereocenters. The molecule has 0 unspecified atom stereocenters. The van der Waals surface area contributed by atoms with Crippen LogP contribution in [0.15, 0.2) is 12.3 Å². The Hall–Kier alpha value is -1.51. The van der Waals surface area contributed by atoms with Crippen LogP contribution in [0.2, 0.25) is 0 Å². The molecule has 0 saturated carbocycles. The molecule has 1 rings (SSSR count). The summed E-state index contributed by atoms with van der Waals surface area (Å²) in [7, 11) is 1.19. The lowest BCUT2D eigenvalue weighted by Crippen LogP contribution is -2.13. The highest BCUT2D eigenvalue weighted by molar-refractivity contribution is 8.00. The highest BCUT2D eigenvalue weighted by Crippen LogP contribution is 2.29. The van der Waals surface area contributed by atoms with Crippen molar-refractivity contribution in [1.82, 2.24) is 9.97 Å². The molecule has 0 radical (unpaired) electrons. The molecular formula is C9H10F3N3O2S. The Labute approximate surface area is 105 Å². The second-order valence-corrected chi connectivity index (χ2v) is 4.14. The fourth-order valence-corrected chi connectivity index (χ4v) is 1.43. The highest BCUT2D eigenvalue weighted by Gasteiger charge is 2.27. The molecule has 0 aliphatic rings. The van der Waals surface area contributed by atoms with E-state index in [4.69, 9.17) is 0 Å². The molecular weight excluding hydrogens is 271 g/mol. The monoisotopic (exact) mass is 281 g/mol. The Morgan fingerprint density at radius 3 is 2.89 bits per heavy atom. The van der Waals surface area contributed by atoms with Gasteiger partial charge in [-0.15, -0.1) is 0 Å². The molecule has 1 N–H and O–H groups in total. The topological polar surface area (TPSA) is 64.1 Å². The van der Waals surface area contributed by atoms with Gasteiger partial charge in [0.25, 0.3) is 0 Å². The van der Waals surface area contributed by atoms with Gasteiger partial charge < -0.3 is 10.1 Å². The van der Waals surface area contributed by atoms with Gasteiger partial charge in [-0.1, -0.05) is 0 Å². The van der Waals surface area contributed by atoms with E-state index in [-0.39, 0.29) is 35.7 Å². The molecule has 1 aromatic heterocycles. The maximum atomic E-state index is 11.8. The van der Waals surface area contributed by atoms with Crippen LogP contribution < -0.4 is 5.32 Å². The predicted molar refractivity (Wildman–Crippen MR) is 60.4 cm³/mol. The number of hydrogen-bond acceptors (Lipinski definition) is 6. The summed E-state index contributed by atoms with van der Waals surface area (Å²) in [6, 6.07) is 1.45. The Morgan fingerprint density at radius 1 is 1.56 bits per heavy atom. The molecule has 100 valence electrons. The normalized spacial score (nSPS) is 11.1. The quantitative estimate of drug-likeness (QED) is 0.657. The number of ether oxygens (including phenoxy) is 1. The zero-order valence-corrected chi connectivity index (χ0v) is 10.1. The zero-order chi connectivity index (χ0) is 13.6. The van der Waals surface area contributed by atoms with E-state index in [1.165, 1.54) is 19.4 Å². The molecule has 9 heteroatoms. The van der Waals surface area contributed by atoms with Gasteiger partial charge in [0.15, 0.2) is 0 Å². The first kappa shape index (κ1) is 14.6. The van der Waals surface area contributed by atoms with Gasteiger partial charge in [-0.2, -0.15) is 13.2 Å². The smallest absolute Gasteiger partial charge is 0.441 e. The fourth-order valence-electron chi connectivity index (χ4n) is 0.993. The van der Waals surface area contributed by atoms with Crippen molar-refractivity contribution < 1.29 is 22.7 Å². The van der Waals surface area contributed by atoms with E-state index in [1.807, 2.05) is 0 Å². The van der Waals surface area contributed by atoms with Crippen LogP contribution in [0.5, 0.6) is 0 Å². The number of esters is 1. The lowest BCUT2D eigenvalue weighted by Gasteiger charge is -2.07. The van der Waals surface area contributed by atoms with Gasteiger partial charge in [-0.05, 0) is 17.8 Å². The number of halogens is 3. The average Bonchev–Trinajstić information content (AvgIpc) is 2.33. The van der Waals surface area contributed by atoms with Crippen LogP contribution in [-0.2, 0) is 4.74 Å². The SMILES string of the molecule is COC(=O)c1nccc(NCCSC(F)(F)F)n1. The zero-order valence-electron chi connectivity index (χ0n) is 9.32. The fraction of sp³-hybridized carbons (Fsp3) is 0.444. The molecule has 0 amide bonds. The summed E-state index contributed by atoms with van der Waals surface area (Å²) in [6.07, 6.45) is 1.32. The number of nitrogens with one attached hydrogen (secondary N) is 1. The van der Waals surface area contributed by atoms with Gasteiger partial charge in [0, 0.05) is 18.5 Å². The maximum Gasteiger partial charge on any atom is 0.441 e. The number of rotatable bonds is 5. The number of anilines is 1. The number of aromatic nitrogens is 2. The Kier molecular flexibility index (Phi) is 5.20. The standard InChI is InChI=1S/C9H10F3N3O2S/c1-17-8(16)7-14-3-2-6(15-7)13-4-5-18-9(10,11)12/h2-3H,4-5H2,1H3,(H,13,14,15). The van der Waals surface area contributed by atoms with Crippen LogP contribution in [0.25, 0.3) is 0 Å². The Morgan fingerprint density at radius 2 is 2.28 bits per heavy atom. The molecule has 0 saturated heterocycles. The minimum atomic E-state index is -4.25. The van der Waals surface area contributed by atoms with Crippen molar-refractivity contribution in [2.24, 2.45) is 0 Å². The van der Waals surface area contributed by atoms with Crippen LogP contribution in [0.1, 0.15) is 10.6 Å². The van der Waals surface area contributed by atoms with Crippen LogP contribution in [0.4, 0.5) is 19.0 Å². The van der Waals surface area contributed by atoms with Gasteiger partial charge in [0.1, 0.15) is 5.82 Å². The molecule has 0 aliphatic heterocycles. The van der Waals surface area contributed by atoms with Crippen LogP contribution in [0.3, 0.4) is 0 Å². The summed E-state index contributed by atoms with van der Waals surface area (Å²) in [5.74, 6) is -0.733. The second kappa shape index (κ2) is 6.43. The minimum Gasteiger partial charge on any atom is -0.463 e. The number of alkyl halides is 3. The number of carbonyl (C=O) groups excluding carboxylic acids is 1. The number of hydrogen-bond donors (Lipinski definition) is 1. The molecule has 0 spiro atoms. The minimum absolute atomic E-state index is 0.0712. The molecule has 0 aromatic carbocycles. The van der Waals surface area contributed by atoms with Crippen LogP contribution in [-0.4, -0.2) is 40.9 Å². The van der Waals surface area contributed by atoms with Gasteiger partial charge in [0.05, 0.1) is 7.11 Å². The van der Waals surface area contributed by atoms with Gasteiger partial charge in [0.2, 0.25) is 5.82 Å². The first-order valence-electron chi connectivity index (χ1n) is 4.78. The molecule has 1 heterocycles. The van der Waals surface area contributed by atoms with Gasteiger partial charge >= 0.3 is 11.5 Å². The van der Waals surface area contributed by atoms with Gasteiger partial charge in [-0.25, -0.2) is 14.8 Å². The van der Waals surface area contributed by atoms with E-state index in [1.54, 1.807) is 0 Å². The van der Waals surface area contributed by atoms with Crippen molar-refractivity contribution in [3.05, 3.63) is 18.1 Å². The van der Waals surface area contributed by atoms with Crippen LogP contribution >= 0.6 is 11.8 Å². The molecule has 0 bridgehead atoms. The second-order valence-electron chi connectivity index (χ2n) is 2.98. The van der Waals surface area contributed by atoms with E-state index in [9.17, 15) is 18.0 Å². The Bertz CT molecular complexity index is 414. The summed E-state index contributed by atoms with van der Waals surface area (Å²) in [4.78, 5) is 18.6. The summed E-state index contributed by atoms with van der Waals surface area (Å²) in [5.41, 5.74) is -4.25. The average molecular weight is 281 g/mol. The van der Waals surface area contributed by atoms with Crippen molar-refractivity contribution in [3.63, 3.8) is 0 Å². The van der Waals surface area contributed by atoms with Crippen molar-refractivity contribution in [1.29, 1.82) is 0 Å². The Balaban J connectivity index is 2.45. The summed E-state index contributed by atoms with van der Waals surface area (Å²) in [5, 5.41) is 2.66. The third kappa shape index (κ3) is 5.21. The van der Waals surface area contributed by atoms with E-state index in [0.717, 1.165) is 0 Å². The number of methoxy groups -OCH3 is 1. The third-order valence-corrected chi connectivity index (χ3v) is 2.43. The van der Waals surface area contributed by atoms with Crippen molar-refractivity contribution >= 4 is 23.5 Å². The molecule has 0 aliphatic carbocycles. The van der Waals surface area contributed by atoms with E-state index < -0.39 is 11.5 Å². The summed E-state index contributed by atoms with van der Waals surface area (Å²) in [6.45, 7) is 0.0712. The lowest BCUT2D eigenvalue weighted by atomic mass is 10.5.